The molecule has 0 aliphatic carbocycles. The van der Waals surface area contributed by atoms with Crippen LogP contribution in [0.5, 0.6) is 0 Å². The van der Waals surface area contributed by atoms with Gasteiger partial charge in [-0.15, -0.1) is 5.10 Å². The fourth-order valence-electron chi connectivity index (χ4n) is 1.87. The van der Waals surface area contributed by atoms with Crippen molar-refractivity contribution in [1.82, 2.24) is 10.2 Å². The lowest BCUT2D eigenvalue weighted by Gasteiger charge is -2.26. The number of nitrogens with zero attached hydrogens (tertiary/aromatic N) is 2. The molecule has 0 saturated carbocycles. The molecule has 0 amide bonds. The number of methoxy groups -OCH3 is 1. The lowest BCUT2D eigenvalue weighted by atomic mass is 10.0. The number of hydrogen-bond acceptors (Lipinski definition) is 6. The first kappa shape index (κ1) is 13.1. The van der Waals surface area contributed by atoms with Crippen molar-refractivity contribution in [3.63, 3.8) is 0 Å². The zero-order chi connectivity index (χ0) is 13.0. The molecule has 2 heterocycles. The monoisotopic (exact) mass is 268 g/mol. The van der Waals surface area contributed by atoms with Crippen LogP contribution in [0.1, 0.15) is 12.0 Å². The molecule has 6 nitrogen and oxygen atoms in total. The van der Waals surface area contributed by atoms with Crippen LogP contribution in [0.4, 0.5) is 5.82 Å². The summed E-state index contributed by atoms with van der Waals surface area (Å²) in [5.41, 5.74) is 6.00. The van der Waals surface area contributed by atoms with Gasteiger partial charge in [0.2, 0.25) is 0 Å². The Morgan fingerprint density at radius 3 is 3.17 bits per heavy atom. The van der Waals surface area contributed by atoms with E-state index in [1.807, 2.05) is 0 Å². The van der Waals surface area contributed by atoms with Crippen LogP contribution in [-0.4, -0.2) is 47.7 Å². The van der Waals surface area contributed by atoms with E-state index in [-0.39, 0.29) is 5.60 Å². The number of rotatable bonds is 5. The smallest absolute Gasteiger partial charge is 0.159 e. The molecule has 18 heavy (non-hydrogen) atoms. The van der Waals surface area contributed by atoms with Crippen molar-refractivity contribution in [3.05, 3.63) is 17.8 Å². The molecule has 0 spiro atoms. The Morgan fingerprint density at radius 2 is 2.56 bits per heavy atom. The van der Waals surface area contributed by atoms with Gasteiger partial charge in [-0.3, -0.25) is 0 Å². The van der Waals surface area contributed by atoms with Crippen LogP contribution in [0.2, 0.25) is 0 Å². The molecule has 2 rings (SSSR count). The molecule has 1 aromatic heterocycles. The minimum Gasteiger partial charge on any atom is -0.389 e. The van der Waals surface area contributed by atoms with Gasteiger partial charge in [-0.2, -0.15) is 5.10 Å². The first-order valence-electron chi connectivity index (χ1n) is 5.65. The topological polar surface area (TPSA) is 82.3 Å². The second-order valence-corrected chi connectivity index (χ2v) is 4.64. The van der Waals surface area contributed by atoms with Crippen molar-refractivity contribution in [1.29, 1.82) is 0 Å². The maximum absolute atomic E-state index is 5.63. The summed E-state index contributed by atoms with van der Waals surface area (Å²) in [6, 6.07) is 1.74. The molecule has 98 valence electrons. The van der Waals surface area contributed by atoms with Gasteiger partial charge in [0.15, 0.2) is 5.82 Å². The molecule has 1 unspecified atom stereocenters. The molecule has 3 N–H and O–H groups in total. The molecule has 1 saturated heterocycles. The molecular formula is C11H16N4O2S. The van der Waals surface area contributed by atoms with Crippen LogP contribution < -0.4 is 11.1 Å². The van der Waals surface area contributed by atoms with Gasteiger partial charge in [-0.05, 0) is 6.07 Å². The van der Waals surface area contributed by atoms with Crippen molar-refractivity contribution in [2.75, 3.05) is 32.2 Å². The molecule has 1 aliphatic heterocycles. The number of hydrogen-bond donors (Lipinski definition) is 2. The lowest BCUT2D eigenvalue weighted by Crippen LogP contribution is -2.40. The third kappa shape index (κ3) is 2.74. The van der Waals surface area contributed by atoms with E-state index in [2.05, 4.69) is 15.5 Å². The van der Waals surface area contributed by atoms with E-state index in [0.717, 1.165) is 6.42 Å². The summed E-state index contributed by atoms with van der Waals surface area (Å²) in [5, 5.41) is 11.0. The van der Waals surface area contributed by atoms with Gasteiger partial charge in [-0.1, -0.05) is 12.2 Å². The first-order valence-corrected chi connectivity index (χ1v) is 6.06. The van der Waals surface area contributed by atoms with Crippen LogP contribution in [0.3, 0.4) is 0 Å². The normalized spacial score (nSPS) is 22.9. The Bertz CT molecular complexity index is 435. The molecular weight excluding hydrogens is 252 g/mol. The minimum absolute atomic E-state index is 0.293. The standard InChI is InChI=1S/C11H16N4O2S/c1-16-11(3-5-17-7-11)6-13-10-8(9(12)18)2-4-14-15-10/h2,4H,3,5-7H2,1H3,(H2,12,18)(H,13,15). The van der Waals surface area contributed by atoms with Crippen LogP contribution >= 0.6 is 12.2 Å². The van der Waals surface area contributed by atoms with E-state index in [1.165, 1.54) is 0 Å². The van der Waals surface area contributed by atoms with Crippen molar-refractivity contribution in [3.8, 4) is 0 Å². The minimum atomic E-state index is -0.314. The van der Waals surface area contributed by atoms with Crippen molar-refractivity contribution >= 4 is 23.0 Å². The molecule has 1 aliphatic rings. The highest BCUT2D eigenvalue weighted by atomic mass is 32.1. The second-order valence-electron chi connectivity index (χ2n) is 4.20. The second kappa shape index (κ2) is 5.55. The molecule has 7 heteroatoms. The Hall–Kier alpha value is -1.31. The Kier molecular flexibility index (Phi) is 4.05. The summed E-state index contributed by atoms with van der Waals surface area (Å²) in [6.45, 7) is 1.86. The summed E-state index contributed by atoms with van der Waals surface area (Å²) in [4.78, 5) is 0.293. The van der Waals surface area contributed by atoms with E-state index in [0.29, 0.717) is 36.1 Å². The Labute approximate surface area is 111 Å². The third-order valence-electron chi connectivity index (χ3n) is 3.06. The summed E-state index contributed by atoms with van der Waals surface area (Å²) in [7, 11) is 1.68. The van der Waals surface area contributed by atoms with Crippen molar-refractivity contribution < 1.29 is 9.47 Å². The van der Waals surface area contributed by atoms with Crippen molar-refractivity contribution in [2.24, 2.45) is 5.73 Å². The third-order valence-corrected chi connectivity index (χ3v) is 3.28. The largest absolute Gasteiger partial charge is 0.389 e. The highest BCUT2D eigenvalue weighted by molar-refractivity contribution is 7.80. The van der Waals surface area contributed by atoms with Gasteiger partial charge >= 0.3 is 0 Å². The predicted molar refractivity (Wildman–Crippen MR) is 71.6 cm³/mol. The summed E-state index contributed by atoms with van der Waals surface area (Å²) >= 11 is 4.97. The zero-order valence-electron chi connectivity index (χ0n) is 10.2. The average molecular weight is 268 g/mol. The summed E-state index contributed by atoms with van der Waals surface area (Å²) in [6.07, 6.45) is 2.41. The maximum Gasteiger partial charge on any atom is 0.159 e. The van der Waals surface area contributed by atoms with Crippen LogP contribution in [0, 0.1) is 0 Å². The van der Waals surface area contributed by atoms with E-state index in [9.17, 15) is 0 Å². The zero-order valence-corrected chi connectivity index (χ0v) is 11.0. The maximum atomic E-state index is 5.63. The van der Waals surface area contributed by atoms with Gasteiger partial charge in [0.25, 0.3) is 0 Å². The van der Waals surface area contributed by atoms with Gasteiger partial charge in [-0.25, -0.2) is 0 Å². The fourth-order valence-corrected chi connectivity index (χ4v) is 2.03. The quantitative estimate of drug-likeness (QED) is 0.744. The highest BCUT2D eigenvalue weighted by Crippen LogP contribution is 2.23. The number of nitrogens with one attached hydrogen (secondary N) is 1. The predicted octanol–water partition coefficient (Wildman–Crippen LogP) is 0.328. The van der Waals surface area contributed by atoms with E-state index in [4.69, 9.17) is 27.4 Å². The molecule has 1 atom stereocenters. The highest BCUT2D eigenvalue weighted by Gasteiger charge is 2.35. The van der Waals surface area contributed by atoms with Gasteiger partial charge < -0.3 is 20.5 Å². The molecule has 0 radical (unpaired) electrons. The molecule has 1 aromatic rings. The number of nitrogens with two attached hydrogens (primary N) is 1. The molecule has 0 bridgehead atoms. The lowest BCUT2D eigenvalue weighted by molar-refractivity contribution is -0.00626. The summed E-state index contributed by atoms with van der Waals surface area (Å²) < 4.78 is 10.9. The average Bonchev–Trinajstić information content (AvgIpc) is 2.86. The van der Waals surface area contributed by atoms with Gasteiger partial charge in [0, 0.05) is 26.7 Å². The van der Waals surface area contributed by atoms with E-state index < -0.39 is 0 Å². The number of aromatic nitrogens is 2. The van der Waals surface area contributed by atoms with Crippen LogP contribution in [0.15, 0.2) is 12.3 Å². The van der Waals surface area contributed by atoms with E-state index >= 15 is 0 Å². The number of ether oxygens (including phenoxy) is 2. The Balaban J connectivity index is 2.08. The van der Waals surface area contributed by atoms with Crippen molar-refractivity contribution in [2.45, 2.75) is 12.0 Å². The fraction of sp³-hybridized carbons (Fsp3) is 0.545. The molecule has 1 fully saturated rings. The number of thiocarbonyl (C=S) groups is 1. The SMILES string of the molecule is COC1(CNc2nnccc2C(N)=S)CCOC1. The molecule has 0 aromatic carbocycles. The van der Waals surface area contributed by atoms with Gasteiger partial charge in [0.1, 0.15) is 10.6 Å². The first-order chi connectivity index (χ1) is 8.67. The van der Waals surface area contributed by atoms with E-state index in [1.54, 1.807) is 19.4 Å². The van der Waals surface area contributed by atoms with Crippen LogP contribution in [-0.2, 0) is 9.47 Å². The van der Waals surface area contributed by atoms with Gasteiger partial charge in [0.05, 0.1) is 18.4 Å². The Morgan fingerprint density at radius 1 is 1.72 bits per heavy atom. The summed E-state index contributed by atoms with van der Waals surface area (Å²) in [5.74, 6) is 0.577. The van der Waals surface area contributed by atoms with Crippen LogP contribution in [0.25, 0.3) is 0 Å². The number of anilines is 1.